The van der Waals surface area contributed by atoms with E-state index in [1.807, 2.05) is 13.8 Å². The molecule has 0 aromatic heterocycles. The summed E-state index contributed by atoms with van der Waals surface area (Å²) in [4.78, 5) is 43.5. The summed E-state index contributed by atoms with van der Waals surface area (Å²) >= 11 is 0. The summed E-state index contributed by atoms with van der Waals surface area (Å²) in [6, 6.07) is 0. The van der Waals surface area contributed by atoms with Gasteiger partial charge in [0.05, 0.1) is 19.4 Å². The number of carbonyl (C=O) groups excluding carboxylic acids is 2. The lowest BCUT2D eigenvalue weighted by Crippen LogP contribution is -2.67. The minimum absolute atomic E-state index is 0.0464. The average Bonchev–Trinajstić information content (AvgIpc) is 3.44. The number of fused-ring (bicyclic) bond motifs is 7. The maximum absolute atomic E-state index is 14.2. The highest BCUT2D eigenvalue weighted by atomic mass is 16.5. The Morgan fingerprint density at radius 3 is 2.17 bits per heavy atom. The van der Waals surface area contributed by atoms with Gasteiger partial charge in [-0.3, -0.25) is 19.3 Å². The van der Waals surface area contributed by atoms with Gasteiger partial charge in [-0.2, -0.15) is 0 Å². The van der Waals surface area contributed by atoms with E-state index in [0.717, 1.165) is 71.4 Å². The second-order valence-electron chi connectivity index (χ2n) is 21.2. The average molecular weight is 739 g/mol. The fourth-order valence-corrected chi connectivity index (χ4v) is 14.7. The molecule has 5 saturated carbocycles. The molecule has 1 N–H and O–H groups in total. The first kappa shape index (κ1) is 40.7. The molecular weight excluding hydrogens is 665 g/mol. The topological polar surface area (TPSA) is 96.4 Å². The highest BCUT2D eigenvalue weighted by Gasteiger charge is 2.71. The van der Waals surface area contributed by atoms with Crippen molar-refractivity contribution in [2.75, 3.05) is 46.4 Å². The Morgan fingerprint density at radius 2 is 1.53 bits per heavy atom. The highest BCUT2D eigenvalue weighted by molar-refractivity contribution is 5.77. The first-order valence-electron chi connectivity index (χ1n) is 21.3. The molecule has 8 heteroatoms. The number of piperazine rings is 1. The quantitative estimate of drug-likeness (QED) is 0.168. The summed E-state index contributed by atoms with van der Waals surface area (Å²) in [5, 5.41) is 9.36. The SMILES string of the molecule is C=C(C)[C@@H]1CC[C@]2(CC(=O)N3CCN(CCOC)CC3)CC[C@]3(C)[C@H](CC[C@@H]4[C@@]5(C)CC[C@H](OC(=O)CC(C)(C)CC(=O)O)C(C)(C)[C@@H]5CC[C@]43C)[C@@H]12. The molecule has 300 valence electrons. The summed E-state index contributed by atoms with van der Waals surface area (Å²) in [7, 11) is 1.76. The predicted molar refractivity (Wildman–Crippen MR) is 209 cm³/mol. The third kappa shape index (κ3) is 7.05. The van der Waals surface area contributed by atoms with E-state index in [0.29, 0.717) is 41.9 Å². The molecule has 1 saturated heterocycles. The van der Waals surface area contributed by atoms with Gasteiger partial charge in [0.25, 0.3) is 0 Å². The van der Waals surface area contributed by atoms with Crippen molar-refractivity contribution in [1.29, 1.82) is 0 Å². The van der Waals surface area contributed by atoms with Crippen molar-refractivity contribution >= 4 is 17.8 Å². The number of carbonyl (C=O) groups is 3. The van der Waals surface area contributed by atoms with E-state index < -0.39 is 11.4 Å². The van der Waals surface area contributed by atoms with Gasteiger partial charge in [0.2, 0.25) is 5.91 Å². The second-order valence-corrected chi connectivity index (χ2v) is 21.2. The van der Waals surface area contributed by atoms with Gasteiger partial charge in [-0.05, 0) is 128 Å². The van der Waals surface area contributed by atoms with Crippen molar-refractivity contribution in [1.82, 2.24) is 9.80 Å². The number of hydrogen-bond donors (Lipinski definition) is 1. The first-order valence-corrected chi connectivity index (χ1v) is 21.3. The minimum Gasteiger partial charge on any atom is -0.481 e. The fraction of sp³-hybridized carbons (Fsp3) is 0.889. The van der Waals surface area contributed by atoms with Gasteiger partial charge in [-0.1, -0.05) is 60.6 Å². The molecule has 0 bridgehead atoms. The maximum atomic E-state index is 14.2. The standard InChI is InChI=1S/C45H74N2O6/c1-30(2)31-13-18-45(27-36(48)47-23-21-46(22-24-47)25-26-52-10)20-19-43(8)32(39(31)45)11-12-34-42(7)16-15-35(41(5,6)33(42)14-17-44(34,43)9)53-38(51)29-40(3,4)28-37(49)50/h31-35,39H,1,11-29H2,2-10H3,(H,49,50)/t31-,32+,33-,34+,35-,39+,42-,43+,44+,45+/m0/s1. The molecular formula is C45H74N2O6. The van der Waals surface area contributed by atoms with Crippen LogP contribution in [0.25, 0.3) is 0 Å². The van der Waals surface area contributed by atoms with E-state index in [-0.39, 0.29) is 52.0 Å². The van der Waals surface area contributed by atoms with E-state index in [1.54, 1.807) is 7.11 Å². The van der Waals surface area contributed by atoms with Crippen LogP contribution in [0, 0.1) is 62.1 Å². The number of methoxy groups -OCH3 is 1. The molecule has 0 spiro atoms. The zero-order chi connectivity index (χ0) is 38.8. The normalized spacial score (nSPS) is 41.0. The lowest BCUT2D eigenvalue weighted by Gasteiger charge is -2.73. The molecule has 0 aromatic carbocycles. The van der Waals surface area contributed by atoms with Crippen LogP contribution in [0.4, 0.5) is 0 Å². The van der Waals surface area contributed by atoms with Crippen LogP contribution < -0.4 is 0 Å². The highest BCUT2D eigenvalue weighted by Crippen LogP contribution is 2.78. The second kappa shape index (κ2) is 14.5. The molecule has 6 aliphatic rings. The summed E-state index contributed by atoms with van der Waals surface area (Å²) < 4.78 is 11.6. The number of aliphatic carboxylic acids is 1. The number of hydrogen-bond acceptors (Lipinski definition) is 6. The Labute approximate surface area is 321 Å². The van der Waals surface area contributed by atoms with Gasteiger partial charge in [0.1, 0.15) is 6.10 Å². The molecule has 0 unspecified atom stereocenters. The number of carboxylic acids is 1. The molecule has 1 amide bonds. The van der Waals surface area contributed by atoms with Crippen LogP contribution in [0.3, 0.4) is 0 Å². The molecule has 0 aromatic rings. The van der Waals surface area contributed by atoms with Crippen molar-refractivity contribution in [2.45, 2.75) is 145 Å². The van der Waals surface area contributed by atoms with Gasteiger partial charge in [0.15, 0.2) is 0 Å². The van der Waals surface area contributed by atoms with Gasteiger partial charge in [-0.25, -0.2) is 0 Å². The number of rotatable bonds is 11. The molecule has 0 radical (unpaired) electrons. The summed E-state index contributed by atoms with van der Waals surface area (Å²) in [5.41, 5.74) is 1.18. The molecule has 5 aliphatic carbocycles. The Kier molecular flexibility index (Phi) is 11.2. The van der Waals surface area contributed by atoms with E-state index in [4.69, 9.17) is 9.47 Å². The van der Waals surface area contributed by atoms with Crippen molar-refractivity contribution in [3.8, 4) is 0 Å². The molecule has 6 fully saturated rings. The van der Waals surface area contributed by atoms with Crippen LogP contribution in [0.2, 0.25) is 0 Å². The number of carboxylic acid groups (broad SMARTS) is 1. The van der Waals surface area contributed by atoms with Crippen LogP contribution >= 0.6 is 0 Å². The summed E-state index contributed by atoms with van der Waals surface area (Å²) in [6.07, 6.45) is 12.1. The first-order chi connectivity index (χ1) is 24.7. The van der Waals surface area contributed by atoms with Crippen LogP contribution in [0.5, 0.6) is 0 Å². The zero-order valence-corrected chi connectivity index (χ0v) is 35.0. The number of nitrogens with zero attached hydrogens (tertiary/aromatic N) is 2. The van der Waals surface area contributed by atoms with Gasteiger partial charge >= 0.3 is 11.9 Å². The number of esters is 1. The lowest BCUT2D eigenvalue weighted by molar-refractivity contribution is -0.250. The Morgan fingerprint density at radius 1 is 0.830 bits per heavy atom. The molecule has 10 atom stereocenters. The van der Waals surface area contributed by atoms with Crippen LogP contribution in [0.1, 0.15) is 139 Å². The summed E-state index contributed by atoms with van der Waals surface area (Å²) in [6.45, 7) is 28.3. The molecule has 8 nitrogen and oxygen atoms in total. The van der Waals surface area contributed by atoms with Crippen LogP contribution in [-0.2, 0) is 23.9 Å². The number of ether oxygens (including phenoxy) is 2. The molecule has 6 rings (SSSR count). The Balaban J connectivity index is 1.20. The fourth-order valence-electron chi connectivity index (χ4n) is 14.7. The molecule has 1 aliphatic heterocycles. The van der Waals surface area contributed by atoms with Gasteiger partial charge in [-0.15, -0.1) is 0 Å². The predicted octanol–water partition coefficient (Wildman–Crippen LogP) is 8.63. The minimum atomic E-state index is -0.881. The molecule has 1 heterocycles. The van der Waals surface area contributed by atoms with E-state index in [9.17, 15) is 19.5 Å². The van der Waals surface area contributed by atoms with Gasteiger partial charge in [0, 0.05) is 51.7 Å². The molecule has 53 heavy (non-hydrogen) atoms. The zero-order valence-electron chi connectivity index (χ0n) is 35.0. The van der Waals surface area contributed by atoms with Crippen molar-refractivity contribution in [3.63, 3.8) is 0 Å². The van der Waals surface area contributed by atoms with Crippen LogP contribution in [0.15, 0.2) is 12.2 Å². The van der Waals surface area contributed by atoms with Crippen molar-refractivity contribution in [2.24, 2.45) is 62.1 Å². The maximum Gasteiger partial charge on any atom is 0.306 e. The number of allylic oxidation sites excluding steroid dienone is 1. The van der Waals surface area contributed by atoms with Crippen molar-refractivity contribution in [3.05, 3.63) is 12.2 Å². The largest absolute Gasteiger partial charge is 0.481 e. The van der Waals surface area contributed by atoms with Gasteiger partial charge < -0.3 is 19.5 Å². The Bertz CT molecular complexity index is 1420. The Hall–Kier alpha value is -1.93. The lowest BCUT2D eigenvalue weighted by atomic mass is 9.32. The number of amides is 1. The van der Waals surface area contributed by atoms with E-state index in [2.05, 4.69) is 57.9 Å². The monoisotopic (exact) mass is 739 g/mol. The van der Waals surface area contributed by atoms with E-state index >= 15 is 0 Å². The third-order valence-electron chi connectivity index (χ3n) is 17.5. The third-order valence-corrected chi connectivity index (χ3v) is 17.5. The summed E-state index contributed by atoms with van der Waals surface area (Å²) in [5.74, 6) is 1.91. The van der Waals surface area contributed by atoms with Crippen molar-refractivity contribution < 1.29 is 29.0 Å². The van der Waals surface area contributed by atoms with Crippen LogP contribution in [-0.4, -0.2) is 85.3 Å². The smallest absolute Gasteiger partial charge is 0.306 e. The van der Waals surface area contributed by atoms with E-state index in [1.165, 1.54) is 37.7 Å².